The number of carbonyl (C=O) groups excluding carboxylic acids is 10. The van der Waals surface area contributed by atoms with Gasteiger partial charge in [-0.25, -0.2) is 4.79 Å². The van der Waals surface area contributed by atoms with E-state index in [1.54, 1.807) is 41.5 Å². The van der Waals surface area contributed by atoms with E-state index in [1.165, 1.54) is 6.92 Å². The fraction of sp³-hybridized carbons (Fsp3) is 0.745. The molecule has 0 saturated carbocycles. The molecule has 0 rings (SSSR count). The number of aliphatic carboxylic acids is 1. The van der Waals surface area contributed by atoms with Gasteiger partial charge in [0.05, 0.1) is 18.6 Å². The maximum atomic E-state index is 14.2. The minimum atomic E-state index is -1.84. The Balaban J connectivity index is 6.95. The zero-order valence-corrected chi connectivity index (χ0v) is 45.0. The number of nitrogens with two attached hydrogens (primary N) is 6. The van der Waals surface area contributed by atoms with Gasteiger partial charge < -0.3 is 92.3 Å². The number of amides is 10. The summed E-state index contributed by atoms with van der Waals surface area (Å²) >= 11 is 0. The molecule has 0 aromatic heterocycles. The van der Waals surface area contributed by atoms with E-state index < -0.39 is 151 Å². The number of rotatable bonds is 38. The molecule has 0 aliphatic heterocycles. The molecule has 0 radical (unpaired) electrons. The Bertz CT molecular complexity index is 1980. The molecule has 0 bridgehead atoms. The minimum absolute atomic E-state index is 0.00386. The zero-order valence-electron chi connectivity index (χ0n) is 45.0. The molecule has 0 aliphatic rings. The molecule has 29 nitrogen and oxygen atoms in total. The number of carboxylic acid groups (broad SMARTS) is 1. The van der Waals surface area contributed by atoms with E-state index >= 15 is 0 Å². The van der Waals surface area contributed by atoms with Crippen molar-refractivity contribution in [2.24, 2.45) is 57.1 Å². The third kappa shape index (κ3) is 28.3. The fourth-order valence-corrected chi connectivity index (χ4v) is 7.37. The van der Waals surface area contributed by atoms with E-state index in [9.17, 15) is 68.1 Å². The second kappa shape index (κ2) is 35.5. The molecule has 11 atom stereocenters. The van der Waals surface area contributed by atoms with Crippen LogP contribution in [0.3, 0.4) is 0 Å². The van der Waals surface area contributed by atoms with Crippen molar-refractivity contribution in [1.82, 2.24) is 42.5 Å². The molecule has 0 saturated heterocycles. The minimum Gasteiger partial charge on any atom is -0.480 e. The first-order valence-electron chi connectivity index (χ1n) is 25.4. The molecule has 0 aromatic carbocycles. The lowest BCUT2D eigenvalue weighted by atomic mass is 10.0. The Morgan fingerprint density at radius 3 is 1.24 bits per heavy atom. The van der Waals surface area contributed by atoms with Crippen LogP contribution in [0.4, 0.5) is 0 Å². The van der Waals surface area contributed by atoms with Gasteiger partial charge in [0.2, 0.25) is 59.1 Å². The molecule has 76 heavy (non-hydrogen) atoms. The molecule has 434 valence electrons. The summed E-state index contributed by atoms with van der Waals surface area (Å²) < 4.78 is 0. The molecular weight excluding hydrogens is 999 g/mol. The lowest BCUT2D eigenvalue weighted by molar-refractivity contribution is -0.143. The topological polar surface area (TPSA) is 513 Å². The maximum absolute atomic E-state index is 14.2. The normalized spacial score (nSPS) is 15.6. The van der Waals surface area contributed by atoms with E-state index in [4.69, 9.17) is 34.4 Å². The third-order valence-corrected chi connectivity index (χ3v) is 11.4. The van der Waals surface area contributed by atoms with Crippen LogP contribution in [0.15, 0.2) is 4.99 Å². The average molecular weight is 1090 g/mol. The summed E-state index contributed by atoms with van der Waals surface area (Å²) in [6.07, 6.45) is -3.98. The van der Waals surface area contributed by atoms with Crippen molar-refractivity contribution in [3.8, 4) is 0 Å². The van der Waals surface area contributed by atoms with Crippen LogP contribution < -0.4 is 76.9 Å². The highest BCUT2D eigenvalue weighted by molar-refractivity contribution is 5.99. The lowest BCUT2D eigenvalue weighted by Crippen LogP contribution is -2.62. The van der Waals surface area contributed by atoms with Crippen molar-refractivity contribution in [2.75, 3.05) is 13.1 Å². The van der Waals surface area contributed by atoms with Crippen LogP contribution in [0.1, 0.15) is 126 Å². The standard InChI is InChI=1S/C47H87N15O14/c1-22(2)18-30(59-44(73)36(51)25(7)63)41(70)56-27(12-9-10-16-48)38(67)57-29(14-15-34(49)65)40(69)55-28(13-11-17-54-47(52)53)39(68)58-31(19-23(3)4)43(72)62-37(26(8)64)45(74)60-32(21-35(50)66)42(71)61-33(46(75)76)20-24(5)6/h22-33,36-37,63-64H,9-21,48,51H2,1-8H3,(H2,49,65)(H2,50,66)(H,55,69)(H,56,70)(H,57,67)(H,58,68)(H,59,73)(H,60,74)(H,61,71)(H,62,72)(H,75,76)(H4,52,53,54)/t25-,26-,27+,28+,29+,30+,31+,32+,33+,36+,37+/m1/s1. The molecule has 29 heteroatoms. The smallest absolute Gasteiger partial charge is 0.326 e. The van der Waals surface area contributed by atoms with Crippen LogP contribution in [0.5, 0.6) is 0 Å². The number of aliphatic hydroxyl groups is 2. The number of unbranched alkanes of at least 4 members (excludes halogenated alkanes) is 1. The van der Waals surface area contributed by atoms with Gasteiger partial charge in [-0.2, -0.15) is 0 Å². The Hall–Kier alpha value is -6.72. The van der Waals surface area contributed by atoms with E-state index in [-0.39, 0.29) is 75.3 Å². The Morgan fingerprint density at radius 2 is 0.829 bits per heavy atom. The van der Waals surface area contributed by atoms with Crippen molar-refractivity contribution in [2.45, 2.75) is 193 Å². The van der Waals surface area contributed by atoms with Gasteiger partial charge in [-0.05, 0) is 95.9 Å². The first kappa shape index (κ1) is 69.3. The average Bonchev–Trinajstić information content (AvgIpc) is 3.30. The number of hydrogen-bond donors (Lipinski definition) is 17. The van der Waals surface area contributed by atoms with Crippen LogP contribution in [-0.4, -0.2) is 166 Å². The van der Waals surface area contributed by atoms with Gasteiger partial charge in [0.1, 0.15) is 54.4 Å². The predicted molar refractivity (Wildman–Crippen MR) is 278 cm³/mol. The van der Waals surface area contributed by atoms with Gasteiger partial charge in [0, 0.05) is 13.0 Å². The van der Waals surface area contributed by atoms with E-state index in [0.29, 0.717) is 12.8 Å². The summed E-state index contributed by atoms with van der Waals surface area (Å²) in [4.78, 5) is 150. The number of hydrogen-bond acceptors (Lipinski definition) is 16. The van der Waals surface area contributed by atoms with E-state index in [0.717, 1.165) is 6.92 Å². The molecule has 0 heterocycles. The van der Waals surface area contributed by atoms with E-state index in [1.807, 2.05) is 0 Å². The number of carbonyl (C=O) groups is 11. The monoisotopic (exact) mass is 1090 g/mol. The molecule has 0 fully saturated rings. The second-order valence-electron chi connectivity index (χ2n) is 20.1. The lowest BCUT2D eigenvalue weighted by Gasteiger charge is -2.29. The van der Waals surface area contributed by atoms with Crippen LogP contribution >= 0.6 is 0 Å². The summed E-state index contributed by atoms with van der Waals surface area (Å²) in [5.41, 5.74) is 33.2. The molecule has 0 aliphatic carbocycles. The Labute approximate surface area is 443 Å². The molecular formula is C47H87N15O14. The zero-order chi connectivity index (χ0) is 58.6. The highest BCUT2D eigenvalue weighted by Gasteiger charge is 2.37. The number of nitrogens with zero attached hydrogens (tertiary/aromatic N) is 1. The quantitative estimate of drug-likeness (QED) is 0.0156. The number of nitrogens with one attached hydrogen (secondary N) is 8. The van der Waals surface area contributed by atoms with Crippen molar-refractivity contribution in [3.63, 3.8) is 0 Å². The van der Waals surface area contributed by atoms with Crippen LogP contribution in [0, 0.1) is 17.8 Å². The van der Waals surface area contributed by atoms with Crippen molar-refractivity contribution in [3.05, 3.63) is 0 Å². The fourth-order valence-electron chi connectivity index (χ4n) is 7.37. The highest BCUT2D eigenvalue weighted by Crippen LogP contribution is 2.13. The van der Waals surface area contributed by atoms with Crippen molar-refractivity contribution in [1.29, 1.82) is 0 Å². The largest absolute Gasteiger partial charge is 0.480 e. The van der Waals surface area contributed by atoms with Gasteiger partial charge >= 0.3 is 5.97 Å². The molecule has 0 unspecified atom stereocenters. The van der Waals surface area contributed by atoms with Gasteiger partial charge in [-0.3, -0.25) is 52.9 Å². The molecule has 23 N–H and O–H groups in total. The highest BCUT2D eigenvalue weighted by atomic mass is 16.4. The third-order valence-electron chi connectivity index (χ3n) is 11.4. The number of aliphatic imine (C=N–C) groups is 1. The first-order valence-corrected chi connectivity index (χ1v) is 25.4. The summed E-state index contributed by atoms with van der Waals surface area (Å²) in [5.74, 6) is -12.0. The molecule has 0 spiro atoms. The van der Waals surface area contributed by atoms with Crippen molar-refractivity contribution >= 4 is 71.0 Å². The number of carboxylic acids is 1. The predicted octanol–water partition coefficient (Wildman–Crippen LogP) is -5.50. The van der Waals surface area contributed by atoms with Crippen LogP contribution in [-0.2, 0) is 52.7 Å². The Kier molecular flexibility index (Phi) is 32.4. The van der Waals surface area contributed by atoms with Crippen molar-refractivity contribution < 1.29 is 68.1 Å². The van der Waals surface area contributed by atoms with Gasteiger partial charge in [-0.15, -0.1) is 0 Å². The summed E-state index contributed by atoms with van der Waals surface area (Å²) in [5, 5.41) is 49.8. The SMILES string of the molecule is CC(C)C[C@H](NC(=O)[C@H](CC(N)=O)NC(=O)[C@@H](NC(=O)[C@H](CC(C)C)NC(=O)[C@H](CCCN=C(N)N)NC(=O)[C@H](CCC(N)=O)NC(=O)[C@H](CCCCN)NC(=O)[C@H](CC(C)C)NC(=O)[C@@H](N)[C@@H](C)O)[C@@H](C)O)C(=O)O. The van der Waals surface area contributed by atoms with Gasteiger partial charge in [-0.1, -0.05) is 41.5 Å². The summed E-state index contributed by atoms with van der Waals surface area (Å²) in [6, 6.07) is -13.5. The number of guanidine groups is 1. The van der Waals surface area contributed by atoms with Gasteiger partial charge in [0.25, 0.3) is 0 Å². The molecule has 0 aromatic rings. The van der Waals surface area contributed by atoms with Gasteiger partial charge in [0.15, 0.2) is 5.96 Å². The maximum Gasteiger partial charge on any atom is 0.326 e. The van der Waals surface area contributed by atoms with Crippen LogP contribution in [0.25, 0.3) is 0 Å². The molecule has 10 amide bonds. The second-order valence-corrected chi connectivity index (χ2v) is 20.1. The van der Waals surface area contributed by atoms with Crippen LogP contribution in [0.2, 0.25) is 0 Å². The Morgan fingerprint density at radius 1 is 0.447 bits per heavy atom. The number of primary amides is 2. The summed E-state index contributed by atoms with van der Waals surface area (Å²) in [7, 11) is 0. The number of aliphatic hydroxyl groups excluding tert-OH is 2. The first-order chi connectivity index (χ1) is 35.3. The summed E-state index contributed by atoms with van der Waals surface area (Å²) in [6.45, 7) is 13.0. The van der Waals surface area contributed by atoms with E-state index in [2.05, 4.69) is 47.5 Å².